The molecule has 3 fully saturated rings. The molecule has 1 N–H and O–H groups in total. The largest absolute Gasteiger partial charge is 0.356 e. The van der Waals surface area contributed by atoms with Gasteiger partial charge in [-0.15, -0.1) is 0 Å². The number of hydrogen-bond acceptors (Lipinski definition) is 3. The number of rotatable bonds is 5. The average molecular weight is 398 g/mol. The summed E-state index contributed by atoms with van der Waals surface area (Å²) in [6.45, 7) is 1.97. The van der Waals surface area contributed by atoms with Gasteiger partial charge in [-0.2, -0.15) is 0 Å². The molecular weight excluding hydrogens is 366 g/mol. The van der Waals surface area contributed by atoms with Crippen molar-refractivity contribution in [2.75, 3.05) is 29.4 Å². The molecule has 0 radical (unpaired) electrons. The molecule has 1 atom stereocenters. The zero-order valence-electron chi connectivity index (χ0n) is 17.1. The summed E-state index contributed by atoms with van der Waals surface area (Å²) in [5.41, 5.74) is 1.77. The Morgan fingerprint density at radius 2 is 1.59 bits per heavy atom. The third-order valence-corrected chi connectivity index (χ3v) is 6.54. The summed E-state index contributed by atoms with van der Waals surface area (Å²) in [4.78, 5) is 40.6. The highest BCUT2D eigenvalue weighted by atomic mass is 16.2. The molecule has 2 heterocycles. The van der Waals surface area contributed by atoms with E-state index in [1.165, 1.54) is 6.42 Å². The number of piperidine rings is 1. The maximum absolute atomic E-state index is 12.5. The van der Waals surface area contributed by atoms with Gasteiger partial charge >= 0.3 is 0 Å². The molecule has 0 spiro atoms. The van der Waals surface area contributed by atoms with E-state index in [4.69, 9.17) is 0 Å². The van der Waals surface area contributed by atoms with Gasteiger partial charge < -0.3 is 15.1 Å². The maximum Gasteiger partial charge on any atom is 0.227 e. The van der Waals surface area contributed by atoms with Crippen LogP contribution in [0.3, 0.4) is 0 Å². The van der Waals surface area contributed by atoms with Crippen LogP contribution in [0.2, 0.25) is 0 Å². The van der Waals surface area contributed by atoms with E-state index in [2.05, 4.69) is 5.32 Å². The normalized spacial score (nSPS) is 23.5. The lowest BCUT2D eigenvalue weighted by atomic mass is 9.88. The molecule has 29 heavy (non-hydrogen) atoms. The number of amides is 3. The molecule has 2 aliphatic heterocycles. The molecule has 3 aliphatic rings. The SMILES string of the molecule is O=C(NCC1CC(=O)N(c2ccc(N3CCCCC3=O)cc2)C1)C1CCCCC1. The number of nitrogens with zero attached hydrogens (tertiary/aromatic N) is 2. The van der Waals surface area contributed by atoms with Crippen LogP contribution in [0.25, 0.3) is 0 Å². The molecule has 3 amide bonds. The Hall–Kier alpha value is -2.37. The molecular formula is C23H31N3O3. The van der Waals surface area contributed by atoms with E-state index in [-0.39, 0.29) is 29.6 Å². The number of nitrogens with one attached hydrogen (secondary N) is 1. The van der Waals surface area contributed by atoms with Crippen LogP contribution < -0.4 is 15.1 Å². The van der Waals surface area contributed by atoms with E-state index in [9.17, 15) is 14.4 Å². The minimum atomic E-state index is 0.101. The highest BCUT2D eigenvalue weighted by Crippen LogP contribution is 2.29. The van der Waals surface area contributed by atoms with Gasteiger partial charge in [-0.25, -0.2) is 0 Å². The Kier molecular flexibility index (Phi) is 6.16. The van der Waals surface area contributed by atoms with E-state index in [1.54, 1.807) is 4.90 Å². The van der Waals surface area contributed by atoms with Crippen molar-refractivity contribution in [3.8, 4) is 0 Å². The summed E-state index contributed by atoms with van der Waals surface area (Å²) < 4.78 is 0. The van der Waals surface area contributed by atoms with Crippen LogP contribution in [-0.2, 0) is 14.4 Å². The maximum atomic E-state index is 12.5. The Morgan fingerprint density at radius 3 is 2.28 bits per heavy atom. The Balaban J connectivity index is 1.32. The minimum absolute atomic E-state index is 0.101. The van der Waals surface area contributed by atoms with Crippen LogP contribution in [0.4, 0.5) is 11.4 Å². The summed E-state index contributed by atoms with van der Waals surface area (Å²) in [5.74, 6) is 0.741. The second-order valence-electron chi connectivity index (χ2n) is 8.67. The first-order valence-electron chi connectivity index (χ1n) is 11.1. The van der Waals surface area contributed by atoms with Crippen molar-refractivity contribution in [1.82, 2.24) is 5.32 Å². The fraction of sp³-hybridized carbons (Fsp3) is 0.609. The summed E-state index contributed by atoms with van der Waals surface area (Å²) >= 11 is 0. The van der Waals surface area contributed by atoms with Crippen LogP contribution in [0.1, 0.15) is 57.8 Å². The molecule has 1 unspecified atom stereocenters. The van der Waals surface area contributed by atoms with Gasteiger partial charge in [-0.3, -0.25) is 14.4 Å². The minimum Gasteiger partial charge on any atom is -0.356 e. The monoisotopic (exact) mass is 397 g/mol. The highest BCUT2D eigenvalue weighted by molar-refractivity contribution is 5.97. The predicted octanol–water partition coefficient (Wildman–Crippen LogP) is 3.25. The summed E-state index contributed by atoms with van der Waals surface area (Å²) in [6, 6.07) is 7.73. The molecule has 6 nitrogen and oxygen atoms in total. The van der Waals surface area contributed by atoms with Gasteiger partial charge in [0.1, 0.15) is 0 Å². The number of hydrogen-bond donors (Lipinski definition) is 1. The van der Waals surface area contributed by atoms with Crippen LogP contribution >= 0.6 is 0 Å². The van der Waals surface area contributed by atoms with E-state index in [0.29, 0.717) is 25.9 Å². The van der Waals surface area contributed by atoms with E-state index < -0.39 is 0 Å². The molecule has 6 heteroatoms. The lowest BCUT2D eigenvalue weighted by molar-refractivity contribution is -0.126. The lowest BCUT2D eigenvalue weighted by Crippen LogP contribution is -2.36. The molecule has 4 rings (SSSR count). The lowest BCUT2D eigenvalue weighted by Gasteiger charge is -2.27. The number of carbonyl (C=O) groups excluding carboxylic acids is 3. The van der Waals surface area contributed by atoms with E-state index >= 15 is 0 Å². The second kappa shape index (κ2) is 8.97. The topological polar surface area (TPSA) is 69.7 Å². The Labute approximate surface area is 172 Å². The Morgan fingerprint density at radius 1 is 0.897 bits per heavy atom. The fourth-order valence-electron chi connectivity index (χ4n) is 4.81. The second-order valence-corrected chi connectivity index (χ2v) is 8.67. The predicted molar refractivity (Wildman–Crippen MR) is 113 cm³/mol. The van der Waals surface area contributed by atoms with Crippen LogP contribution in [0, 0.1) is 11.8 Å². The summed E-state index contributed by atoms with van der Waals surface area (Å²) in [5, 5.41) is 3.08. The van der Waals surface area contributed by atoms with Crippen LogP contribution in [0.15, 0.2) is 24.3 Å². The summed E-state index contributed by atoms with van der Waals surface area (Å²) in [7, 11) is 0. The first-order valence-corrected chi connectivity index (χ1v) is 11.1. The smallest absolute Gasteiger partial charge is 0.227 e. The molecule has 1 aromatic carbocycles. The van der Waals surface area contributed by atoms with Crippen molar-refractivity contribution in [3.05, 3.63) is 24.3 Å². The number of carbonyl (C=O) groups is 3. The standard InChI is InChI=1S/C23H31N3O3/c27-21-8-4-5-13-25(21)19-9-11-20(12-10-19)26-16-17(14-22(26)28)15-24-23(29)18-6-2-1-3-7-18/h9-12,17-18H,1-8,13-16H2,(H,24,29). The molecule has 1 aliphatic carbocycles. The van der Waals surface area contributed by atoms with Crippen molar-refractivity contribution in [1.29, 1.82) is 0 Å². The van der Waals surface area contributed by atoms with Crippen molar-refractivity contribution in [2.45, 2.75) is 57.8 Å². The fourth-order valence-corrected chi connectivity index (χ4v) is 4.81. The average Bonchev–Trinajstić information content (AvgIpc) is 3.13. The number of benzene rings is 1. The van der Waals surface area contributed by atoms with E-state index in [1.807, 2.05) is 29.2 Å². The molecule has 0 aromatic heterocycles. The first-order chi connectivity index (χ1) is 14.1. The summed E-state index contributed by atoms with van der Waals surface area (Å²) in [6.07, 6.45) is 8.60. The molecule has 156 valence electrons. The third kappa shape index (κ3) is 4.62. The van der Waals surface area contributed by atoms with Gasteiger partial charge in [0.25, 0.3) is 0 Å². The molecule has 2 saturated heterocycles. The van der Waals surface area contributed by atoms with Gasteiger partial charge in [0.2, 0.25) is 17.7 Å². The highest BCUT2D eigenvalue weighted by Gasteiger charge is 2.31. The first kappa shape index (κ1) is 19.9. The molecule has 0 bridgehead atoms. The van der Waals surface area contributed by atoms with E-state index in [0.717, 1.165) is 56.4 Å². The van der Waals surface area contributed by atoms with Gasteiger partial charge in [-0.05, 0) is 49.9 Å². The van der Waals surface area contributed by atoms with Crippen LogP contribution in [0.5, 0.6) is 0 Å². The van der Waals surface area contributed by atoms with Gasteiger partial charge in [0.15, 0.2) is 0 Å². The van der Waals surface area contributed by atoms with Crippen molar-refractivity contribution in [3.63, 3.8) is 0 Å². The van der Waals surface area contributed by atoms with Gasteiger partial charge in [-0.1, -0.05) is 19.3 Å². The quantitative estimate of drug-likeness (QED) is 0.829. The van der Waals surface area contributed by atoms with Crippen LogP contribution in [-0.4, -0.2) is 37.4 Å². The Bertz CT molecular complexity index is 755. The zero-order chi connectivity index (χ0) is 20.2. The zero-order valence-corrected chi connectivity index (χ0v) is 17.1. The van der Waals surface area contributed by atoms with Crippen molar-refractivity contribution < 1.29 is 14.4 Å². The molecule has 1 aromatic rings. The number of anilines is 2. The van der Waals surface area contributed by atoms with Crippen molar-refractivity contribution >= 4 is 29.1 Å². The molecule has 1 saturated carbocycles. The third-order valence-electron chi connectivity index (χ3n) is 6.54. The van der Waals surface area contributed by atoms with Gasteiger partial charge in [0, 0.05) is 55.7 Å². The van der Waals surface area contributed by atoms with Gasteiger partial charge in [0.05, 0.1) is 0 Å². The van der Waals surface area contributed by atoms with Crippen molar-refractivity contribution in [2.24, 2.45) is 11.8 Å².